The Morgan fingerprint density at radius 1 is 1.25 bits per heavy atom. The van der Waals surface area contributed by atoms with Crippen LogP contribution in [0.3, 0.4) is 0 Å². The molecule has 0 N–H and O–H groups in total. The first-order valence-electron chi connectivity index (χ1n) is 5.06. The van der Waals surface area contributed by atoms with Gasteiger partial charge in [-0.05, 0) is 19.1 Å². The molecule has 0 bridgehead atoms. The van der Waals surface area contributed by atoms with Crippen molar-refractivity contribution in [2.45, 2.75) is 18.8 Å². The third-order valence-electron chi connectivity index (χ3n) is 2.89. The van der Waals surface area contributed by atoms with E-state index in [9.17, 15) is 4.79 Å². The van der Waals surface area contributed by atoms with Crippen LogP contribution in [0.1, 0.15) is 17.3 Å². The van der Waals surface area contributed by atoms with E-state index in [1.807, 2.05) is 6.07 Å². The van der Waals surface area contributed by atoms with Crippen molar-refractivity contribution >= 4 is 5.78 Å². The highest BCUT2D eigenvalue weighted by molar-refractivity contribution is 6.05. The lowest BCUT2D eigenvalue weighted by atomic mass is 9.95. The smallest absolute Gasteiger partial charge is 0.271 e. The average molecular weight is 222 g/mol. The maximum atomic E-state index is 12.3. The van der Waals surface area contributed by atoms with Crippen LogP contribution in [-0.4, -0.2) is 31.9 Å². The number of rotatable bonds is 2. The number of Topliss-reactive ketones (excluding diaryl/α,β-unsaturated/α-hetero) is 1. The first kappa shape index (κ1) is 11.1. The van der Waals surface area contributed by atoms with Crippen molar-refractivity contribution in [2.75, 3.05) is 14.2 Å². The molecule has 0 amide bonds. The Morgan fingerprint density at radius 3 is 2.50 bits per heavy atom. The van der Waals surface area contributed by atoms with E-state index < -0.39 is 11.9 Å². The number of fused-ring (bicyclic) bond motifs is 1. The summed E-state index contributed by atoms with van der Waals surface area (Å²) < 4.78 is 16.1. The highest BCUT2D eigenvalue weighted by atomic mass is 16.7. The number of benzene rings is 1. The molecule has 1 aliphatic rings. The Kier molecular flexibility index (Phi) is 2.69. The minimum Gasteiger partial charge on any atom is -0.484 e. The van der Waals surface area contributed by atoms with Gasteiger partial charge in [-0.3, -0.25) is 4.79 Å². The molecular formula is C12H14O4. The maximum absolute atomic E-state index is 12.3. The predicted octanol–water partition coefficient (Wildman–Crippen LogP) is 1.64. The maximum Gasteiger partial charge on any atom is 0.271 e. The van der Waals surface area contributed by atoms with E-state index in [1.165, 1.54) is 14.2 Å². The number of carbonyl (C=O) groups is 1. The molecule has 0 saturated carbocycles. The zero-order valence-corrected chi connectivity index (χ0v) is 9.52. The van der Waals surface area contributed by atoms with Crippen LogP contribution in [0.25, 0.3) is 0 Å². The van der Waals surface area contributed by atoms with Crippen LogP contribution < -0.4 is 4.74 Å². The summed E-state index contributed by atoms with van der Waals surface area (Å²) in [4.78, 5) is 12.3. The number of ketones is 1. The lowest BCUT2D eigenvalue weighted by molar-refractivity contribution is -0.215. The summed E-state index contributed by atoms with van der Waals surface area (Å²) in [6, 6.07) is 7.08. The second-order valence-corrected chi connectivity index (χ2v) is 3.66. The monoisotopic (exact) mass is 222 g/mol. The van der Waals surface area contributed by atoms with Gasteiger partial charge in [-0.1, -0.05) is 12.1 Å². The first-order chi connectivity index (χ1) is 7.65. The van der Waals surface area contributed by atoms with Gasteiger partial charge in [0.25, 0.3) is 5.79 Å². The Balaban J connectivity index is 2.53. The summed E-state index contributed by atoms with van der Waals surface area (Å²) in [6.45, 7) is 1.75. The molecule has 1 aromatic carbocycles. The summed E-state index contributed by atoms with van der Waals surface area (Å²) in [5.41, 5.74) is 0.490. The van der Waals surface area contributed by atoms with Crippen molar-refractivity contribution in [1.29, 1.82) is 0 Å². The third-order valence-corrected chi connectivity index (χ3v) is 2.89. The fourth-order valence-corrected chi connectivity index (χ4v) is 2.00. The lowest BCUT2D eigenvalue weighted by Crippen LogP contribution is -2.56. The quantitative estimate of drug-likeness (QED) is 0.713. The molecule has 0 saturated heterocycles. The summed E-state index contributed by atoms with van der Waals surface area (Å²) >= 11 is 0. The number of methoxy groups -OCH3 is 2. The van der Waals surface area contributed by atoms with Crippen LogP contribution in [0, 0.1) is 0 Å². The molecule has 1 atom stereocenters. The van der Waals surface area contributed by atoms with Gasteiger partial charge in [0.2, 0.25) is 5.78 Å². The SMILES string of the molecule is COC1(OC)C(=O)c2ccccc2OC1C. The molecule has 1 heterocycles. The molecule has 0 spiro atoms. The Bertz CT molecular complexity index is 409. The molecule has 1 unspecified atom stereocenters. The molecule has 0 radical (unpaired) electrons. The number of hydrogen-bond donors (Lipinski definition) is 0. The van der Waals surface area contributed by atoms with Gasteiger partial charge >= 0.3 is 0 Å². The summed E-state index contributed by atoms with van der Waals surface area (Å²) in [5, 5.41) is 0. The molecule has 1 aliphatic heterocycles. The van der Waals surface area contributed by atoms with Crippen LogP contribution >= 0.6 is 0 Å². The predicted molar refractivity (Wildman–Crippen MR) is 57.6 cm³/mol. The van der Waals surface area contributed by atoms with Crippen molar-refractivity contribution in [3.05, 3.63) is 29.8 Å². The molecule has 16 heavy (non-hydrogen) atoms. The molecule has 4 heteroatoms. The number of ether oxygens (including phenoxy) is 3. The highest BCUT2D eigenvalue weighted by Crippen LogP contribution is 2.35. The topological polar surface area (TPSA) is 44.8 Å². The molecule has 4 nitrogen and oxygen atoms in total. The molecule has 0 fully saturated rings. The van der Waals surface area contributed by atoms with Crippen LogP contribution in [0.5, 0.6) is 5.75 Å². The summed E-state index contributed by atoms with van der Waals surface area (Å²) in [5.74, 6) is -0.967. The van der Waals surface area contributed by atoms with Crippen molar-refractivity contribution in [3.8, 4) is 5.75 Å². The van der Waals surface area contributed by atoms with Gasteiger partial charge in [0, 0.05) is 14.2 Å². The minimum atomic E-state index is -1.34. The zero-order valence-electron chi connectivity index (χ0n) is 9.52. The van der Waals surface area contributed by atoms with E-state index in [4.69, 9.17) is 14.2 Å². The van der Waals surface area contributed by atoms with Gasteiger partial charge in [0.05, 0.1) is 5.56 Å². The van der Waals surface area contributed by atoms with E-state index >= 15 is 0 Å². The standard InChI is InChI=1S/C12H14O4/c1-8-12(14-2,15-3)11(13)9-6-4-5-7-10(9)16-8/h4-8H,1-3H3. The normalized spacial score (nSPS) is 22.4. The van der Waals surface area contributed by atoms with Gasteiger partial charge < -0.3 is 14.2 Å². The fraction of sp³-hybridized carbons (Fsp3) is 0.417. The second kappa shape index (κ2) is 3.88. The van der Waals surface area contributed by atoms with E-state index in [1.54, 1.807) is 25.1 Å². The van der Waals surface area contributed by atoms with Gasteiger partial charge in [-0.25, -0.2) is 0 Å². The van der Waals surface area contributed by atoms with Crippen molar-refractivity contribution < 1.29 is 19.0 Å². The van der Waals surface area contributed by atoms with Crippen molar-refractivity contribution in [3.63, 3.8) is 0 Å². The van der Waals surface area contributed by atoms with Crippen LogP contribution in [0.4, 0.5) is 0 Å². The number of hydrogen-bond acceptors (Lipinski definition) is 4. The van der Waals surface area contributed by atoms with E-state index in [-0.39, 0.29) is 5.78 Å². The van der Waals surface area contributed by atoms with Crippen molar-refractivity contribution in [1.82, 2.24) is 0 Å². The zero-order chi connectivity index (χ0) is 11.8. The number of para-hydroxylation sites is 1. The van der Waals surface area contributed by atoms with Crippen LogP contribution in [0.2, 0.25) is 0 Å². The highest BCUT2D eigenvalue weighted by Gasteiger charge is 2.50. The number of carbonyl (C=O) groups excluding carboxylic acids is 1. The molecule has 2 rings (SSSR count). The van der Waals surface area contributed by atoms with Gasteiger partial charge in [-0.15, -0.1) is 0 Å². The van der Waals surface area contributed by atoms with Crippen molar-refractivity contribution in [2.24, 2.45) is 0 Å². The van der Waals surface area contributed by atoms with Crippen LogP contribution in [0.15, 0.2) is 24.3 Å². The Labute approximate surface area is 94.1 Å². The van der Waals surface area contributed by atoms with Crippen LogP contribution in [-0.2, 0) is 9.47 Å². The van der Waals surface area contributed by atoms with E-state index in [2.05, 4.69) is 0 Å². The molecular weight excluding hydrogens is 208 g/mol. The second-order valence-electron chi connectivity index (χ2n) is 3.66. The largest absolute Gasteiger partial charge is 0.484 e. The lowest BCUT2D eigenvalue weighted by Gasteiger charge is -2.38. The molecule has 1 aromatic rings. The average Bonchev–Trinajstić information content (AvgIpc) is 2.31. The molecule has 86 valence electrons. The van der Waals surface area contributed by atoms with E-state index in [0.717, 1.165) is 0 Å². The first-order valence-corrected chi connectivity index (χ1v) is 5.06. The Morgan fingerprint density at radius 2 is 1.88 bits per heavy atom. The fourth-order valence-electron chi connectivity index (χ4n) is 2.00. The molecule has 0 aromatic heterocycles. The summed E-state index contributed by atoms with van der Waals surface area (Å²) in [6.07, 6.45) is -0.482. The third kappa shape index (κ3) is 1.34. The van der Waals surface area contributed by atoms with Gasteiger partial charge in [0.15, 0.2) is 6.10 Å². The summed E-state index contributed by atoms with van der Waals surface area (Å²) in [7, 11) is 2.88. The Hall–Kier alpha value is -1.39. The molecule has 0 aliphatic carbocycles. The van der Waals surface area contributed by atoms with E-state index in [0.29, 0.717) is 11.3 Å². The van der Waals surface area contributed by atoms with Gasteiger partial charge in [0.1, 0.15) is 5.75 Å². The van der Waals surface area contributed by atoms with Gasteiger partial charge in [-0.2, -0.15) is 0 Å². The minimum absolute atomic E-state index is 0.202.